The molecule has 1 N–H and O–H groups in total. The standard InChI is InChI=1S/C14H29NS/c1-11(2)8-9-12(3)15-13-6-5-7-14(10-13)16-4/h11-15H,5-10H2,1-4H3. The van der Waals surface area contributed by atoms with Gasteiger partial charge in [0.1, 0.15) is 0 Å². The van der Waals surface area contributed by atoms with E-state index >= 15 is 0 Å². The smallest absolute Gasteiger partial charge is 0.00800 e. The van der Waals surface area contributed by atoms with E-state index < -0.39 is 0 Å². The Hall–Kier alpha value is 0.310. The largest absolute Gasteiger partial charge is 0.311 e. The third-order valence-corrected chi connectivity index (χ3v) is 4.75. The van der Waals surface area contributed by atoms with Gasteiger partial charge in [0.05, 0.1) is 0 Å². The number of hydrogen-bond donors (Lipinski definition) is 1. The predicted molar refractivity (Wildman–Crippen MR) is 76.2 cm³/mol. The maximum Gasteiger partial charge on any atom is 0.00800 e. The fraction of sp³-hybridized carbons (Fsp3) is 1.00. The quantitative estimate of drug-likeness (QED) is 0.754. The first-order valence-corrected chi connectivity index (χ1v) is 8.19. The summed E-state index contributed by atoms with van der Waals surface area (Å²) in [7, 11) is 0. The molecule has 0 aliphatic heterocycles. The summed E-state index contributed by atoms with van der Waals surface area (Å²) in [6, 6.07) is 1.49. The Balaban J connectivity index is 2.19. The minimum absolute atomic E-state index is 0.702. The highest BCUT2D eigenvalue weighted by Crippen LogP contribution is 2.27. The molecule has 3 atom stereocenters. The number of hydrogen-bond acceptors (Lipinski definition) is 2. The van der Waals surface area contributed by atoms with Crippen molar-refractivity contribution in [3.63, 3.8) is 0 Å². The van der Waals surface area contributed by atoms with E-state index in [9.17, 15) is 0 Å². The lowest BCUT2D eigenvalue weighted by molar-refractivity contribution is 0.332. The first-order chi connectivity index (χ1) is 7.61. The molecule has 0 saturated heterocycles. The van der Waals surface area contributed by atoms with Crippen molar-refractivity contribution >= 4 is 11.8 Å². The van der Waals surface area contributed by atoms with Crippen LogP contribution in [0, 0.1) is 5.92 Å². The second-order valence-electron chi connectivity index (χ2n) is 5.76. The third kappa shape index (κ3) is 5.58. The summed E-state index contributed by atoms with van der Waals surface area (Å²) in [6.07, 6.45) is 10.6. The molecule has 96 valence electrons. The van der Waals surface area contributed by atoms with Crippen LogP contribution in [0.5, 0.6) is 0 Å². The first kappa shape index (κ1) is 14.4. The van der Waals surface area contributed by atoms with Crippen LogP contribution >= 0.6 is 11.8 Å². The van der Waals surface area contributed by atoms with E-state index in [2.05, 4.69) is 44.1 Å². The molecular formula is C14H29NS. The summed E-state index contributed by atoms with van der Waals surface area (Å²) in [5, 5.41) is 4.73. The predicted octanol–water partition coefficient (Wildman–Crippen LogP) is 4.07. The van der Waals surface area contributed by atoms with Crippen molar-refractivity contribution in [1.29, 1.82) is 0 Å². The van der Waals surface area contributed by atoms with Gasteiger partial charge in [-0.05, 0) is 51.2 Å². The highest BCUT2D eigenvalue weighted by atomic mass is 32.2. The van der Waals surface area contributed by atoms with Crippen LogP contribution in [0.3, 0.4) is 0 Å². The van der Waals surface area contributed by atoms with Crippen molar-refractivity contribution in [3.8, 4) is 0 Å². The highest BCUT2D eigenvalue weighted by Gasteiger charge is 2.22. The van der Waals surface area contributed by atoms with Crippen molar-refractivity contribution in [2.45, 2.75) is 76.6 Å². The Morgan fingerprint density at radius 2 is 1.94 bits per heavy atom. The van der Waals surface area contributed by atoms with Crippen LogP contribution < -0.4 is 5.32 Å². The average Bonchev–Trinajstić information content (AvgIpc) is 2.26. The minimum atomic E-state index is 0.702. The van der Waals surface area contributed by atoms with Crippen molar-refractivity contribution in [2.24, 2.45) is 5.92 Å². The summed E-state index contributed by atoms with van der Waals surface area (Å²) in [5.74, 6) is 0.842. The van der Waals surface area contributed by atoms with Gasteiger partial charge in [0.15, 0.2) is 0 Å². The lowest BCUT2D eigenvalue weighted by Gasteiger charge is -2.31. The van der Waals surface area contributed by atoms with Gasteiger partial charge in [0.2, 0.25) is 0 Å². The minimum Gasteiger partial charge on any atom is -0.311 e. The molecular weight excluding hydrogens is 214 g/mol. The van der Waals surface area contributed by atoms with Crippen molar-refractivity contribution in [2.75, 3.05) is 6.26 Å². The van der Waals surface area contributed by atoms with Gasteiger partial charge in [-0.25, -0.2) is 0 Å². The molecule has 16 heavy (non-hydrogen) atoms. The van der Waals surface area contributed by atoms with E-state index in [-0.39, 0.29) is 0 Å². The van der Waals surface area contributed by atoms with Gasteiger partial charge in [0, 0.05) is 17.3 Å². The normalized spacial score (nSPS) is 28.3. The Morgan fingerprint density at radius 3 is 2.56 bits per heavy atom. The summed E-state index contributed by atoms with van der Waals surface area (Å²) in [5.41, 5.74) is 0. The van der Waals surface area contributed by atoms with E-state index in [1.165, 1.54) is 38.5 Å². The van der Waals surface area contributed by atoms with Crippen LogP contribution in [0.25, 0.3) is 0 Å². The second-order valence-corrected chi connectivity index (χ2v) is 6.90. The molecule has 0 bridgehead atoms. The van der Waals surface area contributed by atoms with E-state index in [0.717, 1.165) is 17.2 Å². The van der Waals surface area contributed by atoms with Gasteiger partial charge < -0.3 is 5.32 Å². The molecule has 1 nitrogen and oxygen atoms in total. The molecule has 0 aromatic rings. The topological polar surface area (TPSA) is 12.0 Å². The Morgan fingerprint density at radius 1 is 1.19 bits per heavy atom. The molecule has 0 aromatic heterocycles. The molecule has 0 aromatic carbocycles. The van der Waals surface area contributed by atoms with Crippen LogP contribution in [0.4, 0.5) is 0 Å². The maximum atomic E-state index is 3.83. The summed E-state index contributed by atoms with van der Waals surface area (Å²) >= 11 is 2.05. The zero-order valence-corrected chi connectivity index (χ0v) is 12.3. The number of rotatable bonds is 6. The fourth-order valence-corrected chi connectivity index (χ4v) is 3.41. The molecule has 0 amide bonds. The third-order valence-electron chi connectivity index (χ3n) is 3.66. The van der Waals surface area contributed by atoms with Gasteiger partial charge in [-0.3, -0.25) is 0 Å². The molecule has 1 saturated carbocycles. The van der Waals surface area contributed by atoms with Crippen LogP contribution in [-0.4, -0.2) is 23.6 Å². The summed E-state index contributed by atoms with van der Waals surface area (Å²) in [6.45, 7) is 6.99. The SMILES string of the molecule is CSC1CCCC(NC(C)CCC(C)C)C1. The van der Waals surface area contributed by atoms with E-state index in [4.69, 9.17) is 0 Å². The lowest BCUT2D eigenvalue weighted by atomic mass is 9.93. The second kappa shape index (κ2) is 7.60. The zero-order valence-electron chi connectivity index (χ0n) is 11.5. The summed E-state index contributed by atoms with van der Waals surface area (Å²) < 4.78 is 0. The van der Waals surface area contributed by atoms with Gasteiger partial charge in [-0.1, -0.05) is 20.3 Å². The van der Waals surface area contributed by atoms with Gasteiger partial charge >= 0.3 is 0 Å². The molecule has 1 rings (SSSR count). The number of nitrogens with one attached hydrogen (secondary N) is 1. The lowest BCUT2D eigenvalue weighted by Crippen LogP contribution is -2.40. The Kier molecular flexibility index (Phi) is 6.83. The fourth-order valence-electron chi connectivity index (χ4n) is 2.58. The van der Waals surface area contributed by atoms with Crippen molar-refractivity contribution in [1.82, 2.24) is 5.32 Å². The molecule has 1 fully saturated rings. The Labute approximate surface area is 106 Å². The molecule has 0 spiro atoms. The molecule has 2 heteroatoms. The molecule has 3 unspecified atom stereocenters. The van der Waals surface area contributed by atoms with Crippen LogP contribution in [0.1, 0.15) is 59.3 Å². The van der Waals surface area contributed by atoms with Crippen LogP contribution in [0.15, 0.2) is 0 Å². The number of thioether (sulfide) groups is 1. The Bertz CT molecular complexity index is 182. The van der Waals surface area contributed by atoms with Crippen molar-refractivity contribution in [3.05, 3.63) is 0 Å². The molecule has 0 heterocycles. The van der Waals surface area contributed by atoms with Gasteiger partial charge in [0.25, 0.3) is 0 Å². The van der Waals surface area contributed by atoms with Crippen LogP contribution in [0.2, 0.25) is 0 Å². The summed E-state index contributed by atoms with van der Waals surface area (Å²) in [4.78, 5) is 0. The maximum absolute atomic E-state index is 3.83. The van der Waals surface area contributed by atoms with Crippen LogP contribution in [-0.2, 0) is 0 Å². The molecule has 1 aliphatic carbocycles. The zero-order chi connectivity index (χ0) is 12.0. The van der Waals surface area contributed by atoms with Gasteiger partial charge in [-0.2, -0.15) is 11.8 Å². The van der Waals surface area contributed by atoms with E-state index in [0.29, 0.717) is 6.04 Å². The monoisotopic (exact) mass is 243 g/mol. The first-order valence-electron chi connectivity index (χ1n) is 6.90. The van der Waals surface area contributed by atoms with Crippen molar-refractivity contribution < 1.29 is 0 Å². The van der Waals surface area contributed by atoms with Gasteiger partial charge in [-0.15, -0.1) is 0 Å². The highest BCUT2D eigenvalue weighted by molar-refractivity contribution is 7.99. The molecule has 1 aliphatic rings. The average molecular weight is 243 g/mol. The van der Waals surface area contributed by atoms with E-state index in [1.807, 2.05) is 0 Å². The molecule has 0 radical (unpaired) electrons. The van der Waals surface area contributed by atoms with E-state index in [1.54, 1.807) is 0 Å².